The van der Waals surface area contributed by atoms with Crippen LogP contribution in [0.5, 0.6) is 0 Å². The molecule has 0 unspecified atom stereocenters. The molecule has 7 heteroatoms. The molecule has 2 saturated heterocycles. The highest BCUT2D eigenvalue weighted by molar-refractivity contribution is 5.93. The Morgan fingerprint density at radius 1 is 0.897 bits per heavy atom. The van der Waals surface area contributed by atoms with Crippen LogP contribution in [-0.2, 0) is 20.0 Å². The van der Waals surface area contributed by atoms with E-state index in [1.165, 1.54) is 28.2 Å². The number of rotatable bonds is 8. The molecule has 2 aliphatic heterocycles. The number of hydrogen-bond acceptors (Lipinski definition) is 5. The zero-order valence-electron chi connectivity index (χ0n) is 23.9. The fourth-order valence-corrected chi connectivity index (χ4v) is 6.12. The molecule has 1 atom stereocenters. The Hall–Kier alpha value is -3.29. The summed E-state index contributed by atoms with van der Waals surface area (Å²) in [7, 11) is 2.03. The van der Waals surface area contributed by atoms with Gasteiger partial charge in [-0.1, -0.05) is 36.4 Å². The van der Waals surface area contributed by atoms with E-state index in [0.29, 0.717) is 0 Å². The molecule has 3 aromatic rings. The lowest BCUT2D eigenvalue weighted by molar-refractivity contribution is 0.0664. The van der Waals surface area contributed by atoms with Crippen molar-refractivity contribution in [3.8, 4) is 0 Å². The maximum atomic E-state index is 13.7. The number of nitrogens with two attached hydrogens (primary N) is 1. The number of piperazine rings is 2. The van der Waals surface area contributed by atoms with Gasteiger partial charge in [-0.05, 0) is 68.6 Å². The summed E-state index contributed by atoms with van der Waals surface area (Å²) in [5, 5.41) is 0. The van der Waals surface area contributed by atoms with Gasteiger partial charge in [0.1, 0.15) is 5.69 Å². The first-order valence-corrected chi connectivity index (χ1v) is 14.5. The molecule has 1 aromatic heterocycles. The number of anilines is 2. The molecule has 7 nitrogen and oxygen atoms in total. The van der Waals surface area contributed by atoms with Crippen LogP contribution in [0.4, 0.5) is 11.4 Å². The molecule has 0 saturated carbocycles. The van der Waals surface area contributed by atoms with Gasteiger partial charge in [0.15, 0.2) is 0 Å². The molecule has 3 heterocycles. The zero-order chi connectivity index (χ0) is 27.4. The van der Waals surface area contributed by atoms with Gasteiger partial charge in [0, 0.05) is 82.5 Å². The van der Waals surface area contributed by atoms with Gasteiger partial charge in [-0.25, -0.2) is 0 Å². The van der Waals surface area contributed by atoms with Gasteiger partial charge in [0.25, 0.3) is 5.91 Å². The van der Waals surface area contributed by atoms with E-state index >= 15 is 0 Å². The second-order valence-corrected chi connectivity index (χ2v) is 11.1. The second kappa shape index (κ2) is 12.3. The number of benzene rings is 2. The molecule has 5 rings (SSSR count). The Kier molecular flexibility index (Phi) is 8.58. The number of hydrogen-bond donors (Lipinski definition) is 1. The molecule has 1 amide bonds. The fraction of sp³-hybridized carbons (Fsp3) is 0.469. The molecular formula is C32H44N6O. The van der Waals surface area contributed by atoms with Crippen molar-refractivity contribution in [2.75, 3.05) is 62.2 Å². The molecule has 0 spiro atoms. The van der Waals surface area contributed by atoms with Gasteiger partial charge in [-0.3, -0.25) is 9.69 Å². The van der Waals surface area contributed by atoms with Crippen molar-refractivity contribution in [3.05, 3.63) is 83.2 Å². The maximum Gasteiger partial charge on any atom is 0.270 e. The Balaban J connectivity index is 1.20. The van der Waals surface area contributed by atoms with Crippen molar-refractivity contribution in [2.45, 2.75) is 39.3 Å². The van der Waals surface area contributed by atoms with Crippen LogP contribution in [0.25, 0.3) is 0 Å². The van der Waals surface area contributed by atoms with Crippen molar-refractivity contribution in [3.63, 3.8) is 0 Å². The minimum Gasteiger partial charge on any atom is -0.369 e. The topological polar surface area (TPSA) is 61.0 Å². The quantitative estimate of drug-likeness (QED) is 0.481. The fourth-order valence-electron chi connectivity index (χ4n) is 6.12. The number of aryl methyl sites for hydroxylation is 1. The third-order valence-electron chi connectivity index (χ3n) is 8.62. The Morgan fingerprint density at radius 2 is 1.59 bits per heavy atom. The Morgan fingerprint density at radius 3 is 2.31 bits per heavy atom. The number of aromatic nitrogens is 1. The van der Waals surface area contributed by atoms with Gasteiger partial charge >= 0.3 is 0 Å². The highest BCUT2D eigenvalue weighted by Crippen LogP contribution is 2.26. The van der Waals surface area contributed by atoms with Crippen LogP contribution >= 0.6 is 0 Å². The van der Waals surface area contributed by atoms with Crippen LogP contribution in [0.2, 0.25) is 0 Å². The SMILES string of the molecule is Cc1c(CN2CCN(c3ccccc3CCCN)CC2)cc(C(=O)N2CCN(c3ccccc3)C[C@H]2C)n1C. The largest absolute Gasteiger partial charge is 0.369 e. The van der Waals surface area contributed by atoms with Gasteiger partial charge in [-0.2, -0.15) is 0 Å². The first-order chi connectivity index (χ1) is 19.0. The van der Waals surface area contributed by atoms with Crippen LogP contribution in [0.1, 0.15) is 40.7 Å². The lowest BCUT2D eigenvalue weighted by Gasteiger charge is -2.41. The highest BCUT2D eigenvalue weighted by Gasteiger charge is 2.30. The molecule has 0 radical (unpaired) electrons. The molecule has 0 bridgehead atoms. The van der Waals surface area contributed by atoms with E-state index < -0.39 is 0 Å². The molecular weight excluding hydrogens is 484 g/mol. The van der Waals surface area contributed by atoms with E-state index in [1.54, 1.807) is 0 Å². The van der Waals surface area contributed by atoms with Crippen LogP contribution in [0, 0.1) is 6.92 Å². The van der Waals surface area contributed by atoms with Crippen molar-refractivity contribution >= 4 is 17.3 Å². The Labute approximate surface area is 233 Å². The third kappa shape index (κ3) is 5.99. The number of para-hydroxylation sites is 2. The number of carbonyl (C=O) groups excluding carboxylic acids is 1. The molecule has 0 aliphatic carbocycles. The van der Waals surface area contributed by atoms with Gasteiger partial charge in [0.2, 0.25) is 0 Å². The summed E-state index contributed by atoms with van der Waals surface area (Å²) in [6, 6.07) is 21.6. The third-order valence-corrected chi connectivity index (χ3v) is 8.62. The van der Waals surface area contributed by atoms with Crippen LogP contribution in [0.15, 0.2) is 60.7 Å². The van der Waals surface area contributed by atoms with Crippen molar-refractivity contribution in [1.29, 1.82) is 0 Å². The first kappa shape index (κ1) is 27.3. The zero-order valence-corrected chi connectivity index (χ0v) is 23.9. The number of amides is 1. The smallest absolute Gasteiger partial charge is 0.270 e. The van der Waals surface area contributed by atoms with Crippen LogP contribution in [-0.4, -0.2) is 78.7 Å². The highest BCUT2D eigenvalue weighted by atomic mass is 16.2. The average Bonchev–Trinajstić information content (AvgIpc) is 3.25. The summed E-state index contributed by atoms with van der Waals surface area (Å²) in [6.45, 7) is 12.4. The summed E-state index contributed by atoms with van der Waals surface area (Å²) >= 11 is 0. The standard InChI is InChI=1S/C32H44N6O/c1-25-23-37(29-12-5-4-6-13-29)20-21-38(25)32(39)31-22-28(26(2)34(31)3)24-35-16-18-36(19-17-35)30-14-8-7-10-27(30)11-9-15-33/h4-8,10,12-14,22,25H,9,11,15-21,23-24,33H2,1-3H3/t25-/m1/s1. The van der Waals surface area contributed by atoms with E-state index in [1.807, 2.05) is 13.1 Å². The summed E-state index contributed by atoms with van der Waals surface area (Å²) < 4.78 is 2.10. The lowest BCUT2D eigenvalue weighted by Crippen LogP contribution is -2.54. The molecule has 208 valence electrons. The Bertz CT molecular complexity index is 1250. The minimum absolute atomic E-state index is 0.144. The summed E-state index contributed by atoms with van der Waals surface area (Å²) in [5.74, 6) is 0.144. The monoisotopic (exact) mass is 528 g/mol. The van der Waals surface area contributed by atoms with E-state index in [0.717, 1.165) is 77.4 Å². The summed E-state index contributed by atoms with van der Waals surface area (Å²) in [4.78, 5) is 23.2. The van der Waals surface area contributed by atoms with Gasteiger partial charge < -0.3 is 25.0 Å². The molecule has 39 heavy (non-hydrogen) atoms. The average molecular weight is 529 g/mol. The number of carbonyl (C=O) groups is 1. The van der Waals surface area contributed by atoms with E-state index in [4.69, 9.17) is 5.73 Å². The van der Waals surface area contributed by atoms with Crippen molar-refractivity contribution in [1.82, 2.24) is 14.4 Å². The van der Waals surface area contributed by atoms with E-state index in [2.05, 4.69) is 92.6 Å². The predicted octanol–water partition coefficient (Wildman–Crippen LogP) is 3.90. The normalized spacial score (nSPS) is 18.6. The van der Waals surface area contributed by atoms with E-state index in [9.17, 15) is 4.79 Å². The molecule has 2 aliphatic rings. The van der Waals surface area contributed by atoms with Crippen LogP contribution in [0.3, 0.4) is 0 Å². The van der Waals surface area contributed by atoms with Gasteiger partial charge in [0.05, 0.1) is 0 Å². The predicted molar refractivity (Wildman–Crippen MR) is 161 cm³/mol. The van der Waals surface area contributed by atoms with Crippen molar-refractivity contribution < 1.29 is 4.79 Å². The van der Waals surface area contributed by atoms with Gasteiger partial charge in [-0.15, -0.1) is 0 Å². The molecule has 2 N–H and O–H groups in total. The second-order valence-electron chi connectivity index (χ2n) is 11.1. The maximum absolute atomic E-state index is 13.7. The summed E-state index contributed by atoms with van der Waals surface area (Å²) in [5.41, 5.74) is 13.0. The number of nitrogens with zero attached hydrogens (tertiary/aromatic N) is 5. The molecule has 2 fully saturated rings. The summed E-state index contributed by atoms with van der Waals surface area (Å²) in [6.07, 6.45) is 2.06. The van der Waals surface area contributed by atoms with Crippen molar-refractivity contribution in [2.24, 2.45) is 12.8 Å². The molecule has 2 aromatic carbocycles. The van der Waals surface area contributed by atoms with E-state index in [-0.39, 0.29) is 11.9 Å². The minimum atomic E-state index is 0.144. The van der Waals surface area contributed by atoms with Crippen LogP contribution < -0.4 is 15.5 Å². The first-order valence-electron chi connectivity index (χ1n) is 14.5. The lowest BCUT2D eigenvalue weighted by atomic mass is 10.1.